The lowest BCUT2D eigenvalue weighted by molar-refractivity contribution is 0.0753. The second-order valence-corrected chi connectivity index (χ2v) is 5.93. The van der Waals surface area contributed by atoms with Crippen LogP contribution in [0.3, 0.4) is 0 Å². The summed E-state index contributed by atoms with van der Waals surface area (Å²) in [7, 11) is 0. The number of nitrogens with zero attached hydrogens (tertiary/aromatic N) is 4. The highest BCUT2D eigenvalue weighted by Gasteiger charge is 2.17. The van der Waals surface area contributed by atoms with E-state index in [2.05, 4.69) is 10.3 Å². The number of hydrogen-bond acceptors (Lipinski definition) is 3. The third kappa shape index (κ3) is 3.12. The number of rotatable bonds is 5. The van der Waals surface area contributed by atoms with Gasteiger partial charge in [-0.2, -0.15) is 0 Å². The molecule has 1 amide bonds. The molecule has 0 unspecified atom stereocenters. The molecule has 0 radical (unpaired) electrons. The second-order valence-electron chi connectivity index (χ2n) is 5.52. The number of benzene rings is 2. The number of carbonyl (C=O) groups is 1. The van der Waals surface area contributed by atoms with E-state index in [0.29, 0.717) is 23.7 Å². The van der Waals surface area contributed by atoms with Crippen LogP contribution in [0.5, 0.6) is 0 Å². The summed E-state index contributed by atoms with van der Waals surface area (Å²) < 4.78 is 1.81. The molecule has 124 valence electrons. The van der Waals surface area contributed by atoms with E-state index in [1.807, 2.05) is 54.9 Å². The fourth-order valence-corrected chi connectivity index (χ4v) is 2.88. The van der Waals surface area contributed by atoms with E-state index in [4.69, 9.17) is 11.6 Å². The molecule has 0 atom stereocenters. The van der Waals surface area contributed by atoms with E-state index in [1.54, 1.807) is 11.0 Å². The van der Waals surface area contributed by atoms with Crippen LogP contribution < -0.4 is 0 Å². The second kappa shape index (κ2) is 7.01. The van der Waals surface area contributed by atoms with Gasteiger partial charge in [-0.05, 0) is 43.7 Å². The molecule has 0 fully saturated rings. The first-order chi connectivity index (χ1) is 11.6. The van der Waals surface area contributed by atoms with Crippen LogP contribution >= 0.6 is 11.6 Å². The Kier molecular flexibility index (Phi) is 4.81. The maximum atomic E-state index is 12.8. The van der Waals surface area contributed by atoms with Gasteiger partial charge in [0, 0.05) is 30.2 Å². The van der Waals surface area contributed by atoms with E-state index in [-0.39, 0.29) is 5.91 Å². The number of aryl methyl sites for hydroxylation is 1. The summed E-state index contributed by atoms with van der Waals surface area (Å²) in [6.45, 7) is 5.80. The SMILES string of the molecule is CCN(Cc1ccccc1Cl)C(=O)c1ccc2c(c1)nnn2CC. The van der Waals surface area contributed by atoms with Crippen LogP contribution in [0.2, 0.25) is 5.02 Å². The average Bonchev–Trinajstić information content (AvgIpc) is 3.02. The molecule has 3 aromatic rings. The highest BCUT2D eigenvalue weighted by atomic mass is 35.5. The maximum absolute atomic E-state index is 12.8. The number of halogens is 1. The van der Waals surface area contributed by atoms with Gasteiger partial charge < -0.3 is 4.90 Å². The first-order valence-corrected chi connectivity index (χ1v) is 8.37. The van der Waals surface area contributed by atoms with Crippen LogP contribution in [-0.4, -0.2) is 32.3 Å². The van der Waals surface area contributed by atoms with E-state index in [1.165, 1.54) is 0 Å². The molecule has 0 spiro atoms. The molecule has 0 saturated heterocycles. The molecular weight excluding hydrogens is 324 g/mol. The third-order valence-corrected chi connectivity index (χ3v) is 4.42. The molecule has 0 saturated carbocycles. The molecular formula is C18H19ClN4O. The van der Waals surface area contributed by atoms with Crippen LogP contribution in [0.4, 0.5) is 0 Å². The maximum Gasteiger partial charge on any atom is 0.254 e. The van der Waals surface area contributed by atoms with E-state index < -0.39 is 0 Å². The summed E-state index contributed by atoms with van der Waals surface area (Å²) in [6, 6.07) is 13.1. The lowest BCUT2D eigenvalue weighted by Crippen LogP contribution is -2.30. The first kappa shape index (κ1) is 16.5. The zero-order valence-electron chi connectivity index (χ0n) is 13.7. The molecule has 2 aromatic carbocycles. The van der Waals surface area contributed by atoms with Crippen molar-refractivity contribution in [1.29, 1.82) is 0 Å². The van der Waals surface area contributed by atoms with Gasteiger partial charge in [0.1, 0.15) is 5.52 Å². The Morgan fingerprint density at radius 1 is 1.21 bits per heavy atom. The number of fused-ring (bicyclic) bond motifs is 1. The summed E-state index contributed by atoms with van der Waals surface area (Å²) in [5, 5.41) is 8.89. The van der Waals surface area contributed by atoms with Crippen LogP contribution in [0.1, 0.15) is 29.8 Å². The lowest BCUT2D eigenvalue weighted by atomic mass is 10.1. The Bertz CT molecular complexity index is 874. The van der Waals surface area contributed by atoms with Gasteiger partial charge in [0.05, 0.1) is 5.52 Å². The summed E-state index contributed by atoms with van der Waals surface area (Å²) in [4.78, 5) is 14.6. The number of aromatic nitrogens is 3. The molecule has 0 aliphatic rings. The molecule has 5 nitrogen and oxygen atoms in total. The summed E-state index contributed by atoms with van der Waals surface area (Å²) in [5.74, 6) is -0.0367. The van der Waals surface area contributed by atoms with Gasteiger partial charge in [-0.1, -0.05) is 35.0 Å². The predicted octanol–water partition coefficient (Wildman–Crippen LogP) is 3.77. The molecule has 24 heavy (non-hydrogen) atoms. The van der Waals surface area contributed by atoms with Crippen molar-refractivity contribution in [3.05, 3.63) is 58.6 Å². The molecule has 0 aliphatic heterocycles. The molecule has 1 heterocycles. The van der Waals surface area contributed by atoms with Crippen LogP contribution in [-0.2, 0) is 13.1 Å². The Morgan fingerprint density at radius 2 is 2.00 bits per heavy atom. The largest absolute Gasteiger partial charge is 0.335 e. The van der Waals surface area contributed by atoms with Gasteiger partial charge in [-0.3, -0.25) is 4.79 Å². The lowest BCUT2D eigenvalue weighted by Gasteiger charge is -2.21. The van der Waals surface area contributed by atoms with Gasteiger partial charge in [0.25, 0.3) is 5.91 Å². The Labute approximate surface area is 145 Å². The third-order valence-electron chi connectivity index (χ3n) is 4.05. The molecule has 0 aliphatic carbocycles. The Morgan fingerprint density at radius 3 is 2.71 bits per heavy atom. The van der Waals surface area contributed by atoms with Crippen molar-refractivity contribution in [1.82, 2.24) is 19.9 Å². The molecule has 0 bridgehead atoms. The van der Waals surface area contributed by atoms with Crippen molar-refractivity contribution < 1.29 is 4.79 Å². The predicted molar refractivity (Wildman–Crippen MR) is 95.1 cm³/mol. The van der Waals surface area contributed by atoms with Gasteiger partial charge in [0.2, 0.25) is 0 Å². The zero-order valence-corrected chi connectivity index (χ0v) is 14.5. The standard InChI is InChI=1S/C18H19ClN4O/c1-3-22(12-14-7-5-6-8-15(14)19)18(24)13-9-10-17-16(11-13)20-21-23(17)4-2/h5-11H,3-4,12H2,1-2H3. The highest BCUT2D eigenvalue weighted by molar-refractivity contribution is 6.31. The van der Waals surface area contributed by atoms with Crippen LogP contribution in [0.15, 0.2) is 42.5 Å². The summed E-state index contributed by atoms with van der Waals surface area (Å²) >= 11 is 6.21. The number of hydrogen-bond donors (Lipinski definition) is 0. The van der Waals surface area contributed by atoms with Gasteiger partial charge in [0.15, 0.2) is 0 Å². The minimum atomic E-state index is -0.0367. The van der Waals surface area contributed by atoms with Crippen molar-refractivity contribution >= 4 is 28.5 Å². The van der Waals surface area contributed by atoms with E-state index >= 15 is 0 Å². The number of carbonyl (C=O) groups excluding carboxylic acids is 1. The van der Waals surface area contributed by atoms with Gasteiger partial charge in [-0.15, -0.1) is 5.10 Å². The van der Waals surface area contributed by atoms with Crippen molar-refractivity contribution in [3.63, 3.8) is 0 Å². The number of amides is 1. The Balaban J connectivity index is 1.87. The molecule has 3 rings (SSSR count). The van der Waals surface area contributed by atoms with Gasteiger partial charge >= 0.3 is 0 Å². The molecule has 0 N–H and O–H groups in total. The van der Waals surface area contributed by atoms with Crippen molar-refractivity contribution in [3.8, 4) is 0 Å². The minimum absolute atomic E-state index is 0.0367. The van der Waals surface area contributed by atoms with Crippen LogP contribution in [0, 0.1) is 0 Å². The van der Waals surface area contributed by atoms with Crippen molar-refractivity contribution in [2.45, 2.75) is 26.9 Å². The quantitative estimate of drug-likeness (QED) is 0.709. The molecule has 6 heteroatoms. The topological polar surface area (TPSA) is 51.0 Å². The first-order valence-electron chi connectivity index (χ1n) is 8.00. The van der Waals surface area contributed by atoms with E-state index in [9.17, 15) is 4.79 Å². The average molecular weight is 343 g/mol. The minimum Gasteiger partial charge on any atom is -0.335 e. The smallest absolute Gasteiger partial charge is 0.254 e. The fraction of sp³-hybridized carbons (Fsp3) is 0.278. The summed E-state index contributed by atoms with van der Waals surface area (Å²) in [6.07, 6.45) is 0. The van der Waals surface area contributed by atoms with Gasteiger partial charge in [-0.25, -0.2) is 4.68 Å². The fourth-order valence-electron chi connectivity index (χ4n) is 2.68. The van der Waals surface area contributed by atoms with E-state index in [0.717, 1.165) is 23.1 Å². The summed E-state index contributed by atoms with van der Waals surface area (Å²) in [5.41, 5.74) is 3.21. The molecule has 1 aromatic heterocycles. The Hall–Kier alpha value is -2.40. The highest BCUT2D eigenvalue weighted by Crippen LogP contribution is 2.20. The zero-order chi connectivity index (χ0) is 17.1. The van der Waals surface area contributed by atoms with Crippen molar-refractivity contribution in [2.24, 2.45) is 0 Å². The normalized spacial score (nSPS) is 11.0. The van der Waals surface area contributed by atoms with Crippen molar-refractivity contribution in [2.75, 3.05) is 6.54 Å². The van der Waals surface area contributed by atoms with Crippen LogP contribution in [0.25, 0.3) is 11.0 Å². The monoisotopic (exact) mass is 342 g/mol.